The Kier molecular flexibility index (Phi) is 5.60. The highest BCUT2D eigenvalue weighted by molar-refractivity contribution is 8.15. The number of phenols is 1. The number of carbonyl (C=O) groups excluding carboxylic acids is 3. The monoisotopic (exact) mass is 363 g/mol. The molecule has 3 amide bonds. The van der Waals surface area contributed by atoms with Crippen molar-refractivity contribution in [2.24, 2.45) is 0 Å². The van der Waals surface area contributed by atoms with Crippen LogP contribution in [0, 0.1) is 0 Å². The van der Waals surface area contributed by atoms with Crippen LogP contribution in [0.4, 0.5) is 10.5 Å². The minimum atomic E-state index is -0.686. The highest BCUT2D eigenvalue weighted by Crippen LogP contribution is 2.30. The third-order valence-electron chi connectivity index (χ3n) is 4.30. The first kappa shape index (κ1) is 17.8. The van der Waals surface area contributed by atoms with E-state index in [9.17, 15) is 19.5 Å². The van der Waals surface area contributed by atoms with Crippen LogP contribution >= 0.6 is 11.8 Å². The van der Waals surface area contributed by atoms with Crippen molar-refractivity contribution < 1.29 is 19.5 Å². The first-order valence-corrected chi connectivity index (χ1v) is 9.24. The van der Waals surface area contributed by atoms with Crippen LogP contribution in [-0.4, -0.2) is 57.0 Å². The van der Waals surface area contributed by atoms with Crippen molar-refractivity contribution in [3.05, 3.63) is 24.3 Å². The van der Waals surface area contributed by atoms with Crippen LogP contribution in [0.25, 0.3) is 0 Å². The van der Waals surface area contributed by atoms with Gasteiger partial charge in [0.05, 0.1) is 6.67 Å². The minimum Gasteiger partial charge on any atom is -0.508 e. The van der Waals surface area contributed by atoms with E-state index in [1.54, 1.807) is 12.1 Å². The molecule has 7 nitrogen and oxygen atoms in total. The predicted octanol–water partition coefficient (Wildman–Crippen LogP) is 2.23. The van der Waals surface area contributed by atoms with Crippen molar-refractivity contribution in [1.82, 2.24) is 9.80 Å². The van der Waals surface area contributed by atoms with Gasteiger partial charge in [0.25, 0.3) is 5.24 Å². The summed E-state index contributed by atoms with van der Waals surface area (Å²) in [7, 11) is 0. The van der Waals surface area contributed by atoms with Crippen LogP contribution < -0.4 is 5.32 Å². The van der Waals surface area contributed by atoms with Gasteiger partial charge in [0.15, 0.2) is 0 Å². The molecule has 25 heavy (non-hydrogen) atoms. The number of aromatic hydroxyl groups is 1. The zero-order valence-corrected chi connectivity index (χ0v) is 14.6. The van der Waals surface area contributed by atoms with Crippen LogP contribution in [0.3, 0.4) is 0 Å². The molecule has 2 aliphatic heterocycles. The molecule has 0 saturated carbocycles. The van der Waals surface area contributed by atoms with Crippen molar-refractivity contribution in [2.75, 3.05) is 25.1 Å². The molecule has 8 heteroatoms. The number of imide groups is 1. The Morgan fingerprint density at radius 1 is 1.24 bits per heavy atom. The van der Waals surface area contributed by atoms with Gasteiger partial charge in [-0.15, -0.1) is 0 Å². The third-order valence-corrected chi connectivity index (χ3v) is 5.37. The number of hydrogen-bond acceptors (Lipinski definition) is 6. The molecule has 0 spiro atoms. The fourth-order valence-corrected chi connectivity index (χ4v) is 4.00. The number of anilines is 1. The summed E-state index contributed by atoms with van der Waals surface area (Å²) >= 11 is 0.913. The zero-order chi connectivity index (χ0) is 17.8. The summed E-state index contributed by atoms with van der Waals surface area (Å²) in [6.45, 7) is 2.10. The lowest BCUT2D eigenvalue weighted by atomic mass is 10.1. The average Bonchev–Trinajstić information content (AvgIpc) is 2.83. The highest BCUT2D eigenvalue weighted by atomic mass is 32.2. The maximum Gasteiger partial charge on any atom is 0.290 e. The lowest BCUT2D eigenvalue weighted by Crippen LogP contribution is -2.44. The van der Waals surface area contributed by atoms with E-state index in [0.29, 0.717) is 12.4 Å². The number of hydrogen-bond donors (Lipinski definition) is 2. The van der Waals surface area contributed by atoms with Crippen molar-refractivity contribution in [1.29, 1.82) is 0 Å². The number of piperidine rings is 1. The number of likely N-dealkylation sites (tertiary alicyclic amines) is 1. The molecule has 2 fully saturated rings. The Balaban J connectivity index is 1.55. The van der Waals surface area contributed by atoms with Crippen molar-refractivity contribution in [3.8, 4) is 5.75 Å². The van der Waals surface area contributed by atoms with E-state index >= 15 is 0 Å². The smallest absolute Gasteiger partial charge is 0.290 e. The second-order valence-corrected chi connectivity index (χ2v) is 7.42. The average molecular weight is 363 g/mol. The van der Waals surface area contributed by atoms with E-state index in [1.807, 2.05) is 0 Å². The van der Waals surface area contributed by atoms with Gasteiger partial charge in [-0.05, 0) is 38.1 Å². The maximum absolute atomic E-state index is 12.5. The Bertz CT molecular complexity index is 676. The van der Waals surface area contributed by atoms with Crippen LogP contribution in [0.1, 0.15) is 25.7 Å². The minimum absolute atomic E-state index is 0.0482. The van der Waals surface area contributed by atoms with Crippen molar-refractivity contribution in [2.45, 2.75) is 30.9 Å². The SMILES string of the molecule is O=C(CC1SC(=O)N(CN2CCCCC2)C1=O)Nc1cccc(O)c1. The van der Waals surface area contributed by atoms with Gasteiger partial charge in [0.1, 0.15) is 11.0 Å². The number of carbonyl (C=O) groups is 3. The molecule has 2 saturated heterocycles. The van der Waals surface area contributed by atoms with Gasteiger partial charge in [-0.2, -0.15) is 0 Å². The molecule has 2 heterocycles. The summed E-state index contributed by atoms with van der Waals surface area (Å²) in [5, 5.41) is 11.1. The van der Waals surface area contributed by atoms with Gasteiger partial charge in [0.2, 0.25) is 11.8 Å². The van der Waals surface area contributed by atoms with Crippen molar-refractivity contribution in [3.63, 3.8) is 0 Å². The Hall–Kier alpha value is -2.06. The lowest BCUT2D eigenvalue weighted by Gasteiger charge is -2.29. The molecule has 1 unspecified atom stereocenters. The first-order chi connectivity index (χ1) is 12.0. The first-order valence-electron chi connectivity index (χ1n) is 8.36. The van der Waals surface area contributed by atoms with Gasteiger partial charge in [-0.25, -0.2) is 0 Å². The standard InChI is InChI=1S/C17H21N3O4S/c21-13-6-4-5-12(9-13)18-15(22)10-14-16(23)20(17(24)25-14)11-19-7-2-1-3-8-19/h4-6,9,14,21H,1-3,7-8,10-11H2,(H,18,22). The second kappa shape index (κ2) is 7.88. The van der Waals surface area contributed by atoms with E-state index in [0.717, 1.165) is 37.7 Å². The van der Waals surface area contributed by atoms with Crippen LogP contribution in [0.5, 0.6) is 5.75 Å². The van der Waals surface area contributed by atoms with E-state index in [-0.39, 0.29) is 29.2 Å². The molecule has 3 rings (SSSR count). The molecule has 2 aliphatic rings. The number of benzene rings is 1. The van der Waals surface area contributed by atoms with E-state index in [1.165, 1.54) is 23.5 Å². The molecule has 0 bridgehead atoms. The third kappa shape index (κ3) is 4.52. The van der Waals surface area contributed by atoms with Crippen LogP contribution in [0.15, 0.2) is 24.3 Å². The number of amides is 3. The van der Waals surface area contributed by atoms with Gasteiger partial charge in [0, 0.05) is 18.2 Å². The molecular formula is C17H21N3O4S. The molecule has 1 atom stereocenters. The predicted molar refractivity (Wildman–Crippen MR) is 95.3 cm³/mol. The van der Waals surface area contributed by atoms with Crippen LogP contribution in [0.2, 0.25) is 0 Å². The fraction of sp³-hybridized carbons (Fsp3) is 0.471. The molecule has 134 valence electrons. The normalized spacial score (nSPS) is 21.6. The largest absolute Gasteiger partial charge is 0.508 e. The lowest BCUT2D eigenvalue weighted by molar-refractivity contribution is -0.130. The number of nitrogens with one attached hydrogen (secondary N) is 1. The number of phenolic OH excluding ortho intramolecular Hbond substituents is 1. The van der Waals surface area contributed by atoms with Gasteiger partial charge >= 0.3 is 0 Å². The molecular weight excluding hydrogens is 342 g/mol. The number of rotatable bonds is 5. The molecule has 0 radical (unpaired) electrons. The molecule has 0 aliphatic carbocycles. The summed E-state index contributed by atoms with van der Waals surface area (Å²) < 4.78 is 0. The van der Waals surface area contributed by atoms with Gasteiger partial charge in [-0.1, -0.05) is 24.2 Å². The van der Waals surface area contributed by atoms with E-state index in [2.05, 4.69) is 10.2 Å². The number of thioether (sulfide) groups is 1. The molecule has 1 aromatic rings. The second-order valence-electron chi connectivity index (χ2n) is 6.26. The quantitative estimate of drug-likeness (QED) is 0.834. The highest BCUT2D eigenvalue weighted by Gasteiger charge is 2.41. The summed E-state index contributed by atoms with van der Waals surface area (Å²) in [5.41, 5.74) is 0.456. The molecule has 1 aromatic carbocycles. The molecule has 0 aromatic heterocycles. The summed E-state index contributed by atoms with van der Waals surface area (Å²) in [5.74, 6) is -0.609. The summed E-state index contributed by atoms with van der Waals surface area (Å²) in [6.07, 6.45) is 3.28. The topological polar surface area (TPSA) is 90.0 Å². The maximum atomic E-state index is 12.5. The van der Waals surface area contributed by atoms with Gasteiger partial charge in [-0.3, -0.25) is 24.2 Å². The Morgan fingerprint density at radius 3 is 2.72 bits per heavy atom. The van der Waals surface area contributed by atoms with E-state index < -0.39 is 5.25 Å². The van der Waals surface area contributed by atoms with E-state index in [4.69, 9.17) is 0 Å². The Labute approximate surface area is 150 Å². The molecule has 2 N–H and O–H groups in total. The number of nitrogens with zero attached hydrogens (tertiary/aromatic N) is 2. The fourth-order valence-electron chi connectivity index (χ4n) is 3.02. The summed E-state index contributed by atoms with van der Waals surface area (Å²) in [4.78, 5) is 40.1. The van der Waals surface area contributed by atoms with Crippen molar-refractivity contribution >= 4 is 34.5 Å². The summed E-state index contributed by atoms with van der Waals surface area (Å²) in [6, 6.07) is 6.19. The zero-order valence-electron chi connectivity index (χ0n) is 13.8. The van der Waals surface area contributed by atoms with Crippen LogP contribution in [-0.2, 0) is 9.59 Å². The Morgan fingerprint density at radius 2 is 2.00 bits per heavy atom. The van der Waals surface area contributed by atoms with Gasteiger partial charge < -0.3 is 10.4 Å².